The van der Waals surface area contributed by atoms with Crippen LogP contribution in [0.15, 0.2) is 0 Å². The van der Waals surface area contributed by atoms with Gasteiger partial charge in [0, 0.05) is 6.04 Å². The molecular weight excluding hydrogens is 174 g/mol. The van der Waals surface area contributed by atoms with E-state index >= 15 is 0 Å². The Bertz CT molecular complexity index is 201. The fourth-order valence-corrected chi connectivity index (χ4v) is 2.33. The zero-order chi connectivity index (χ0) is 9.59. The van der Waals surface area contributed by atoms with Gasteiger partial charge in [-0.05, 0) is 19.3 Å². The summed E-state index contributed by atoms with van der Waals surface area (Å²) in [6.07, 6.45) is -1.84. The van der Waals surface area contributed by atoms with Crippen LogP contribution in [-0.2, 0) is 0 Å². The third-order valence-corrected chi connectivity index (χ3v) is 3.04. The van der Waals surface area contributed by atoms with Gasteiger partial charge >= 0.3 is 0 Å². The van der Waals surface area contributed by atoms with E-state index < -0.39 is 24.7 Å². The van der Waals surface area contributed by atoms with Gasteiger partial charge in [0.2, 0.25) is 0 Å². The van der Waals surface area contributed by atoms with Gasteiger partial charge in [0.15, 0.2) is 0 Å². The molecule has 2 aliphatic rings. The van der Waals surface area contributed by atoms with E-state index in [1.54, 1.807) is 0 Å². The summed E-state index contributed by atoms with van der Waals surface area (Å²) in [6, 6.07) is -0.297. The topological polar surface area (TPSA) is 84.2 Å². The van der Waals surface area contributed by atoms with E-state index in [2.05, 4.69) is 0 Å². The van der Waals surface area contributed by atoms with Gasteiger partial charge in [-0.15, -0.1) is 0 Å². The summed E-state index contributed by atoms with van der Waals surface area (Å²) in [7, 11) is 0. The predicted octanol–water partition coefficient (Wildman–Crippen LogP) is -1.79. The first-order chi connectivity index (χ1) is 6.13. The minimum absolute atomic E-state index is 0.297. The number of aliphatic hydroxyl groups is 4. The van der Waals surface area contributed by atoms with Crippen LogP contribution in [0.1, 0.15) is 19.3 Å². The zero-order valence-corrected chi connectivity index (χ0v) is 7.24. The first-order valence-corrected chi connectivity index (χ1v) is 4.62. The zero-order valence-electron chi connectivity index (χ0n) is 7.24. The van der Waals surface area contributed by atoms with Gasteiger partial charge in [-0.1, -0.05) is 0 Å². The average Bonchev–Trinajstić information content (AvgIpc) is 2.33. The lowest BCUT2D eigenvalue weighted by atomic mass is 9.99. The van der Waals surface area contributed by atoms with Crippen molar-refractivity contribution in [2.75, 3.05) is 0 Å². The highest BCUT2D eigenvalue weighted by Gasteiger charge is 2.50. The van der Waals surface area contributed by atoms with Crippen LogP contribution in [0.3, 0.4) is 0 Å². The quantitative estimate of drug-likeness (QED) is 0.362. The van der Waals surface area contributed by atoms with Crippen molar-refractivity contribution in [3.63, 3.8) is 0 Å². The third kappa shape index (κ3) is 1.28. The molecule has 0 aromatic heterocycles. The van der Waals surface area contributed by atoms with Crippen molar-refractivity contribution in [2.24, 2.45) is 0 Å². The molecule has 5 heteroatoms. The molecule has 0 aliphatic carbocycles. The highest BCUT2D eigenvalue weighted by Crippen LogP contribution is 2.33. The van der Waals surface area contributed by atoms with Crippen LogP contribution in [0.4, 0.5) is 0 Å². The molecule has 0 saturated carbocycles. The van der Waals surface area contributed by atoms with E-state index in [0.717, 1.165) is 6.42 Å². The second-order valence-corrected chi connectivity index (χ2v) is 3.82. The van der Waals surface area contributed by atoms with Gasteiger partial charge in [0.25, 0.3) is 0 Å². The van der Waals surface area contributed by atoms with Crippen LogP contribution < -0.4 is 0 Å². The van der Waals surface area contributed by atoms with Crippen LogP contribution in [0.5, 0.6) is 0 Å². The highest BCUT2D eigenvalue weighted by molar-refractivity contribution is 4.98. The number of hydrogen-bond donors (Lipinski definition) is 4. The Hall–Kier alpha value is -0.200. The molecule has 2 rings (SSSR count). The van der Waals surface area contributed by atoms with Crippen LogP contribution in [0.2, 0.25) is 0 Å². The second-order valence-electron chi connectivity index (χ2n) is 3.82. The molecule has 0 bridgehead atoms. The number of nitrogens with zero attached hydrogens (tertiary/aromatic N) is 1. The molecular formula is C8H15NO4. The molecule has 5 atom stereocenters. The summed E-state index contributed by atoms with van der Waals surface area (Å²) in [4.78, 5) is 1.40. The molecule has 2 saturated heterocycles. The summed E-state index contributed by atoms with van der Waals surface area (Å²) in [6.45, 7) is 0. The van der Waals surface area contributed by atoms with Gasteiger partial charge in [-0.25, -0.2) is 4.90 Å². The fraction of sp³-hybridized carbons (Fsp3) is 1.00. The summed E-state index contributed by atoms with van der Waals surface area (Å²) >= 11 is 0. The maximum atomic E-state index is 9.53. The summed E-state index contributed by atoms with van der Waals surface area (Å²) in [5, 5.41) is 37.9. The first kappa shape index (κ1) is 9.36. The fourth-order valence-electron chi connectivity index (χ4n) is 2.33. The summed E-state index contributed by atoms with van der Waals surface area (Å²) < 4.78 is 0. The minimum Gasteiger partial charge on any atom is -0.389 e. The molecule has 0 aromatic carbocycles. The predicted molar refractivity (Wildman–Crippen MR) is 43.5 cm³/mol. The summed E-state index contributed by atoms with van der Waals surface area (Å²) in [5.74, 6) is 0. The molecule has 0 aromatic rings. The Morgan fingerprint density at radius 1 is 0.923 bits per heavy atom. The lowest BCUT2D eigenvalue weighted by molar-refractivity contribution is -0.135. The monoisotopic (exact) mass is 189 g/mol. The highest BCUT2D eigenvalue weighted by atomic mass is 16.4. The van der Waals surface area contributed by atoms with Gasteiger partial charge in [-0.2, -0.15) is 0 Å². The molecule has 2 heterocycles. The van der Waals surface area contributed by atoms with Crippen LogP contribution >= 0.6 is 0 Å². The van der Waals surface area contributed by atoms with Crippen LogP contribution in [-0.4, -0.2) is 56.0 Å². The standard InChI is InChI=1S/C8H15NO4/c10-5-3-1-2-4-6(11)7(12)8(13)9(4)5/h4-8,10-13H,1-3H2. The van der Waals surface area contributed by atoms with E-state index in [0.29, 0.717) is 12.8 Å². The van der Waals surface area contributed by atoms with E-state index in [-0.39, 0.29) is 6.04 Å². The maximum absolute atomic E-state index is 9.53. The molecule has 0 spiro atoms. The maximum Gasteiger partial charge on any atom is 0.138 e. The van der Waals surface area contributed by atoms with Crippen molar-refractivity contribution in [3.05, 3.63) is 0 Å². The molecule has 76 valence electrons. The SMILES string of the molecule is OC1C(O)C2CCCC(O)N2C1O. The van der Waals surface area contributed by atoms with Crippen LogP contribution in [0, 0.1) is 0 Å². The Balaban J connectivity index is 2.19. The molecule has 5 nitrogen and oxygen atoms in total. The second kappa shape index (κ2) is 3.18. The number of rotatable bonds is 0. The van der Waals surface area contributed by atoms with Crippen molar-refractivity contribution in [1.82, 2.24) is 4.90 Å². The molecule has 2 aliphatic heterocycles. The number of piperidine rings is 1. The van der Waals surface area contributed by atoms with Crippen LogP contribution in [0.25, 0.3) is 0 Å². The van der Waals surface area contributed by atoms with Gasteiger partial charge in [0.05, 0.1) is 6.10 Å². The van der Waals surface area contributed by atoms with Crippen molar-refractivity contribution < 1.29 is 20.4 Å². The molecule has 13 heavy (non-hydrogen) atoms. The Morgan fingerprint density at radius 3 is 2.23 bits per heavy atom. The van der Waals surface area contributed by atoms with E-state index in [4.69, 9.17) is 0 Å². The number of hydrogen-bond acceptors (Lipinski definition) is 5. The van der Waals surface area contributed by atoms with Gasteiger partial charge in [0.1, 0.15) is 18.6 Å². The largest absolute Gasteiger partial charge is 0.389 e. The van der Waals surface area contributed by atoms with E-state index in [1.165, 1.54) is 4.90 Å². The van der Waals surface area contributed by atoms with Crippen molar-refractivity contribution >= 4 is 0 Å². The number of fused-ring (bicyclic) bond motifs is 1. The third-order valence-electron chi connectivity index (χ3n) is 3.04. The van der Waals surface area contributed by atoms with E-state index in [1.807, 2.05) is 0 Å². The lowest BCUT2D eigenvalue weighted by Crippen LogP contribution is -2.49. The first-order valence-electron chi connectivity index (χ1n) is 4.62. The Kier molecular flexibility index (Phi) is 2.29. The Morgan fingerprint density at radius 2 is 1.62 bits per heavy atom. The van der Waals surface area contributed by atoms with Gasteiger partial charge in [-0.3, -0.25) is 0 Å². The average molecular weight is 189 g/mol. The Labute approximate surface area is 76.2 Å². The van der Waals surface area contributed by atoms with E-state index in [9.17, 15) is 20.4 Å². The van der Waals surface area contributed by atoms with Gasteiger partial charge < -0.3 is 20.4 Å². The normalized spacial score (nSPS) is 52.2. The minimum atomic E-state index is -1.15. The molecule has 2 fully saturated rings. The lowest BCUT2D eigenvalue weighted by Gasteiger charge is -2.36. The van der Waals surface area contributed by atoms with Crippen molar-refractivity contribution in [3.8, 4) is 0 Å². The molecule has 5 unspecified atom stereocenters. The molecule has 4 N–H and O–H groups in total. The van der Waals surface area contributed by atoms with Crippen molar-refractivity contribution in [2.45, 2.75) is 50.0 Å². The molecule has 0 amide bonds. The van der Waals surface area contributed by atoms with Crippen molar-refractivity contribution in [1.29, 1.82) is 0 Å². The smallest absolute Gasteiger partial charge is 0.138 e. The summed E-state index contributed by atoms with van der Waals surface area (Å²) in [5.41, 5.74) is 0. The number of aliphatic hydroxyl groups excluding tert-OH is 4. The molecule has 0 radical (unpaired) electrons.